The van der Waals surface area contributed by atoms with Gasteiger partial charge in [-0.05, 0) is 44.0 Å². The second-order valence-electron chi connectivity index (χ2n) is 11.8. The molecule has 0 aliphatic rings. The Hall–Kier alpha value is -6.14. The molecule has 0 atom stereocenters. The van der Waals surface area contributed by atoms with Crippen LogP contribution in [0.4, 0.5) is 5.69 Å². The highest BCUT2D eigenvalue weighted by atomic mass is 16.1. The number of fused-ring (bicyclic) bond motifs is 5. The van der Waals surface area contributed by atoms with Crippen LogP contribution in [0.1, 0.15) is 12.5 Å². The van der Waals surface area contributed by atoms with Crippen LogP contribution in [0.15, 0.2) is 124 Å². The molecule has 0 saturated heterocycles. The lowest BCUT2D eigenvalue weighted by molar-refractivity contribution is 0.994. The first-order valence-electron chi connectivity index (χ1n) is 15.5. The summed E-state index contributed by atoms with van der Waals surface area (Å²) in [7, 11) is 3.91. The second-order valence-corrected chi connectivity index (χ2v) is 11.8. The predicted molar refractivity (Wildman–Crippen MR) is 197 cm³/mol. The van der Waals surface area contributed by atoms with Crippen molar-refractivity contribution in [3.8, 4) is 22.3 Å². The maximum absolute atomic E-state index is 14.3. The topological polar surface area (TPSA) is 69.2 Å². The number of para-hydroxylation sites is 4. The molecule has 226 valence electrons. The molecule has 0 N–H and O–H groups in total. The Labute approximate surface area is 270 Å². The number of aryl methyl sites for hydroxylation is 2. The third kappa shape index (κ3) is 4.11. The number of aromatic nitrogens is 3. The van der Waals surface area contributed by atoms with Crippen LogP contribution >= 0.6 is 0 Å². The molecule has 5 aromatic carbocycles. The fourth-order valence-corrected chi connectivity index (χ4v) is 7.23. The van der Waals surface area contributed by atoms with Gasteiger partial charge >= 0.3 is 0 Å². The minimum atomic E-state index is -0.0892. The molecule has 6 nitrogen and oxygen atoms in total. The molecule has 0 saturated carbocycles. The number of allylic oxidation sites excluding steroid dienone is 1. The van der Waals surface area contributed by atoms with Crippen molar-refractivity contribution in [3.05, 3.63) is 135 Å². The van der Waals surface area contributed by atoms with E-state index in [0.29, 0.717) is 32.6 Å². The molecule has 0 bridgehead atoms. The van der Waals surface area contributed by atoms with Crippen molar-refractivity contribution in [1.29, 1.82) is 0 Å². The number of pyridine rings is 3. The van der Waals surface area contributed by atoms with Gasteiger partial charge in [-0.25, -0.2) is 0 Å². The Kier molecular flexibility index (Phi) is 6.48. The summed E-state index contributed by atoms with van der Waals surface area (Å²) in [4.78, 5) is 37.7. The van der Waals surface area contributed by atoms with Gasteiger partial charge in [-0.1, -0.05) is 78.9 Å². The lowest BCUT2D eigenvalue weighted by Crippen LogP contribution is -2.14. The molecular weight excluding hydrogens is 580 g/mol. The number of nitrogens with zero attached hydrogens (tertiary/aromatic N) is 4. The van der Waals surface area contributed by atoms with E-state index in [1.807, 2.05) is 139 Å². The third-order valence-electron chi connectivity index (χ3n) is 9.34. The molecule has 0 radical (unpaired) electrons. The van der Waals surface area contributed by atoms with Gasteiger partial charge in [-0.15, -0.1) is 0 Å². The van der Waals surface area contributed by atoms with Gasteiger partial charge in [-0.2, -0.15) is 0 Å². The summed E-state index contributed by atoms with van der Waals surface area (Å²) in [5, 5.41) is 3.33. The largest absolute Gasteiger partial charge is 0.343 e. The highest BCUT2D eigenvalue weighted by Crippen LogP contribution is 2.39. The zero-order valence-electron chi connectivity index (χ0n) is 26.3. The molecule has 0 spiro atoms. The van der Waals surface area contributed by atoms with Crippen LogP contribution in [0.3, 0.4) is 0 Å². The van der Waals surface area contributed by atoms with Crippen LogP contribution in [0.5, 0.6) is 0 Å². The van der Waals surface area contributed by atoms with Crippen molar-refractivity contribution in [3.63, 3.8) is 0 Å². The lowest BCUT2D eigenvalue weighted by atomic mass is 9.95. The molecule has 0 amide bonds. The number of hydrogen-bond acceptors (Lipinski definition) is 4. The fourth-order valence-electron chi connectivity index (χ4n) is 7.23. The van der Waals surface area contributed by atoms with Gasteiger partial charge in [0, 0.05) is 75.0 Å². The average molecular weight is 611 g/mol. The summed E-state index contributed by atoms with van der Waals surface area (Å²) >= 11 is 0. The van der Waals surface area contributed by atoms with E-state index in [4.69, 9.17) is 0 Å². The van der Waals surface area contributed by atoms with Crippen molar-refractivity contribution in [1.82, 2.24) is 14.1 Å². The summed E-state index contributed by atoms with van der Waals surface area (Å²) < 4.78 is 4.06. The Morgan fingerprint density at radius 1 is 0.660 bits per heavy atom. The molecular formula is C41H30N4O2. The SMILES string of the molecule is C=Nc1c(/C=C\C)cccc1-c1cccc2c(=O)c3cc4c(cc3n(C)c12)c(=O)c1cccc(-c2cccc3cccnc23)c1n4C. The highest BCUT2D eigenvalue weighted by Gasteiger charge is 2.20. The van der Waals surface area contributed by atoms with Gasteiger partial charge in [0.15, 0.2) is 10.9 Å². The van der Waals surface area contributed by atoms with Crippen LogP contribution < -0.4 is 10.9 Å². The first-order chi connectivity index (χ1) is 22.9. The van der Waals surface area contributed by atoms with Crippen molar-refractivity contribution in [2.45, 2.75) is 6.92 Å². The average Bonchev–Trinajstić information content (AvgIpc) is 3.11. The highest BCUT2D eigenvalue weighted by molar-refractivity contribution is 6.10. The van der Waals surface area contributed by atoms with Crippen LogP contribution in [-0.4, -0.2) is 20.8 Å². The van der Waals surface area contributed by atoms with Gasteiger partial charge in [-0.3, -0.25) is 19.6 Å². The van der Waals surface area contributed by atoms with Crippen molar-refractivity contribution in [2.75, 3.05) is 0 Å². The second kappa shape index (κ2) is 10.7. The summed E-state index contributed by atoms with van der Waals surface area (Å²) in [5.41, 5.74) is 8.97. The first-order valence-corrected chi connectivity index (χ1v) is 15.5. The summed E-state index contributed by atoms with van der Waals surface area (Å²) in [5.74, 6) is 0. The molecule has 47 heavy (non-hydrogen) atoms. The van der Waals surface area contributed by atoms with Crippen LogP contribution in [0.25, 0.3) is 82.8 Å². The standard InChI is InChI=1S/C41H30N4O2/c1-5-11-24-12-6-15-26(36(24)42-2)28-17-8-19-30-38(28)44(3)34-22-33-35(23-32(34)40(30)46)45(4)39-29(18-9-20-31(39)41(33)47)27-16-7-13-25-14-10-21-43-37(25)27/h5-23H,2H2,1,3-4H3/b11-5-. The summed E-state index contributed by atoms with van der Waals surface area (Å²) in [6, 6.07) is 31.4. The third-order valence-corrected chi connectivity index (χ3v) is 9.34. The molecule has 3 heterocycles. The van der Waals surface area contributed by atoms with E-state index in [2.05, 4.69) is 16.7 Å². The maximum atomic E-state index is 14.3. The predicted octanol–water partition coefficient (Wildman–Crippen LogP) is 8.94. The number of hydrogen-bond donors (Lipinski definition) is 0. The zero-order valence-corrected chi connectivity index (χ0v) is 26.3. The molecule has 6 heteroatoms. The number of aliphatic imine (C=N–C) groups is 1. The fraction of sp³-hybridized carbons (Fsp3) is 0.0732. The molecule has 8 rings (SSSR count). The van der Waals surface area contributed by atoms with E-state index in [1.165, 1.54) is 0 Å². The molecule has 0 aliphatic carbocycles. The Bertz CT molecular complexity index is 2780. The molecule has 8 aromatic rings. The van der Waals surface area contributed by atoms with Gasteiger partial charge in [0.2, 0.25) is 0 Å². The normalized spacial score (nSPS) is 11.9. The molecule has 0 fully saturated rings. The molecule has 3 aromatic heterocycles. The van der Waals surface area contributed by atoms with Crippen LogP contribution in [0, 0.1) is 0 Å². The molecule has 0 aliphatic heterocycles. The van der Waals surface area contributed by atoms with Gasteiger partial charge in [0.25, 0.3) is 0 Å². The van der Waals surface area contributed by atoms with E-state index in [1.54, 1.807) is 6.20 Å². The monoisotopic (exact) mass is 610 g/mol. The summed E-state index contributed by atoms with van der Waals surface area (Å²) in [6.07, 6.45) is 5.76. The zero-order chi connectivity index (χ0) is 32.4. The van der Waals surface area contributed by atoms with Gasteiger partial charge < -0.3 is 9.13 Å². The smallest absolute Gasteiger partial charge is 0.197 e. The van der Waals surface area contributed by atoms with Crippen LogP contribution in [-0.2, 0) is 14.1 Å². The van der Waals surface area contributed by atoms with Gasteiger partial charge in [0.1, 0.15) is 0 Å². The van der Waals surface area contributed by atoms with Crippen LogP contribution in [0.2, 0.25) is 0 Å². The van der Waals surface area contributed by atoms with Crippen molar-refractivity contribution in [2.24, 2.45) is 19.1 Å². The Morgan fingerprint density at radius 2 is 1.19 bits per heavy atom. The van der Waals surface area contributed by atoms with E-state index >= 15 is 0 Å². The Morgan fingerprint density at radius 3 is 1.81 bits per heavy atom. The minimum absolute atomic E-state index is 0.0805. The summed E-state index contributed by atoms with van der Waals surface area (Å²) in [6.45, 7) is 5.82. The lowest BCUT2D eigenvalue weighted by Gasteiger charge is -2.19. The van der Waals surface area contributed by atoms with E-state index in [9.17, 15) is 9.59 Å². The van der Waals surface area contributed by atoms with E-state index in [0.717, 1.165) is 55.4 Å². The van der Waals surface area contributed by atoms with E-state index < -0.39 is 0 Å². The first kappa shape index (κ1) is 28.3. The Balaban J connectivity index is 1.47. The van der Waals surface area contributed by atoms with E-state index in [-0.39, 0.29) is 10.9 Å². The minimum Gasteiger partial charge on any atom is -0.343 e. The van der Waals surface area contributed by atoms with Crippen molar-refractivity contribution >= 4 is 73.0 Å². The number of rotatable bonds is 4. The maximum Gasteiger partial charge on any atom is 0.197 e. The van der Waals surface area contributed by atoms with Gasteiger partial charge in [0.05, 0.1) is 33.3 Å². The quantitative estimate of drug-likeness (QED) is 0.148. The van der Waals surface area contributed by atoms with Crippen molar-refractivity contribution < 1.29 is 0 Å². The molecule has 0 unspecified atom stereocenters. The number of benzene rings is 5.